The summed E-state index contributed by atoms with van der Waals surface area (Å²) in [4.78, 5) is 6.03. The van der Waals surface area contributed by atoms with Crippen LogP contribution < -0.4 is 4.43 Å². The third-order valence-electron chi connectivity index (χ3n) is 2.96. The lowest BCUT2D eigenvalue weighted by Crippen LogP contribution is -2.11. The van der Waals surface area contributed by atoms with Gasteiger partial charge in [-0.05, 0) is 68.6 Å². The molecule has 20 heavy (non-hydrogen) atoms. The lowest BCUT2D eigenvalue weighted by molar-refractivity contribution is 0.581. The van der Waals surface area contributed by atoms with E-state index in [1.165, 1.54) is 16.0 Å². The van der Waals surface area contributed by atoms with Crippen LogP contribution in [0.5, 0.6) is 5.75 Å². The SMILES string of the molecule is CC(=Nc1ccc(C)cc1O[SiH](C)C)c1sccc1C. The number of hydrogen-bond donors (Lipinski definition) is 0. The van der Waals surface area contributed by atoms with Gasteiger partial charge < -0.3 is 4.43 Å². The molecule has 0 aliphatic carbocycles. The van der Waals surface area contributed by atoms with Crippen LogP contribution in [0.25, 0.3) is 0 Å². The van der Waals surface area contributed by atoms with Gasteiger partial charge in [0.2, 0.25) is 9.04 Å². The number of nitrogens with zero attached hydrogens (tertiary/aromatic N) is 1. The summed E-state index contributed by atoms with van der Waals surface area (Å²) in [7, 11) is -1.13. The number of aliphatic imine (C=N–C) groups is 1. The molecule has 0 bridgehead atoms. The van der Waals surface area contributed by atoms with Crippen molar-refractivity contribution in [1.82, 2.24) is 0 Å². The lowest BCUT2D eigenvalue weighted by atomic mass is 10.2. The van der Waals surface area contributed by atoms with Gasteiger partial charge in [0.1, 0.15) is 11.4 Å². The molecule has 1 heterocycles. The van der Waals surface area contributed by atoms with Gasteiger partial charge in [0.25, 0.3) is 0 Å². The zero-order chi connectivity index (χ0) is 14.7. The molecule has 4 heteroatoms. The zero-order valence-electron chi connectivity index (χ0n) is 12.7. The predicted octanol–water partition coefficient (Wildman–Crippen LogP) is 4.87. The highest BCUT2D eigenvalue weighted by molar-refractivity contribution is 7.12. The van der Waals surface area contributed by atoms with Gasteiger partial charge in [-0.2, -0.15) is 0 Å². The van der Waals surface area contributed by atoms with Crippen LogP contribution in [0, 0.1) is 13.8 Å². The predicted molar refractivity (Wildman–Crippen MR) is 91.6 cm³/mol. The molecule has 1 aromatic heterocycles. The molecular formula is C16H21NOSSi. The van der Waals surface area contributed by atoms with Gasteiger partial charge in [0, 0.05) is 0 Å². The second-order valence-corrected chi connectivity index (χ2v) is 8.52. The van der Waals surface area contributed by atoms with Gasteiger partial charge in [-0.25, -0.2) is 4.99 Å². The summed E-state index contributed by atoms with van der Waals surface area (Å²) in [6, 6.07) is 8.35. The minimum absolute atomic E-state index is 0.917. The van der Waals surface area contributed by atoms with Crippen molar-refractivity contribution in [3.63, 3.8) is 0 Å². The number of aryl methyl sites for hydroxylation is 2. The van der Waals surface area contributed by atoms with Crippen LogP contribution in [-0.2, 0) is 0 Å². The molecule has 0 N–H and O–H groups in total. The minimum Gasteiger partial charge on any atom is -0.546 e. The van der Waals surface area contributed by atoms with Crippen LogP contribution in [0.2, 0.25) is 13.1 Å². The van der Waals surface area contributed by atoms with E-state index in [-0.39, 0.29) is 0 Å². The van der Waals surface area contributed by atoms with Crippen molar-refractivity contribution in [3.8, 4) is 5.75 Å². The molecule has 1 aromatic carbocycles. The smallest absolute Gasteiger partial charge is 0.229 e. The van der Waals surface area contributed by atoms with Crippen molar-refractivity contribution in [1.29, 1.82) is 0 Å². The first-order chi connectivity index (χ1) is 9.47. The molecule has 0 fully saturated rings. The molecule has 2 rings (SSSR count). The first kappa shape index (κ1) is 15.0. The Morgan fingerprint density at radius 3 is 2.55 bits per heavy atom. The van der Waals surface area contributed by atoms with Crippen LogP contribution in [0.15, 0.2) is 34.6 Å². The maximum absolute atomic E-state index is 6.01. The van der Waals surface area contributed by atoms with Crippen molar-refractivity contribution in [3.05, 3.63) is 45.6 Å². The highest BCUT2D eigenvalue weighted by Crippen LogP contribution is 2.30. The Morgan fingerprint density at radius 2 is 1.95 bits per heavy atom. The van der Waals surface area contributed by atoms with Gasteiger partial charge >= 0.3 is 0 Å². The molecule has 0 unspecified atom stereocenters. The molecule has 106 valence electrons. The number of rotatable bonds is 4. The largest absolute Gasteiger partial charge is 0.546 e. The molecule has 0 saturated heterocycles. The molecule has 2 nitrogen and oxygen atoms in total. The third kappa shape index (κ3) is 3.58. The van der Waals surface area contributed by atoms with Crippen LogP contribution >= 0.6 is 11.3 Å². The third-order valence-corrected chi connectivity index (χ3v) is 4.81. The molecule has 0 aliphatic heterocycles. The van der Waals surface area contributed by atoms with Crippen molar-refractivity contribution in [2.75, 3.05) is 0 Å². The molecule has 0 saturated carbocycles. The summed E-state index contributed by atoms with van der Waals surface area (Å²) < 4.78 is 6.01. The van der Waals surface area contributed by atoms with E-state index >= 15 is 0 Å². The maximum Gasteiger partial charge on any atom is 0.229 e. The van der Waals surface area contributed by atoms with E-state index in [0.717, 1.165) is 17.1 Å². The summed E-state index contributed by atoms with van der Waals surface area (Å²) in [5, 5.41) is 2.11. The minimum atomic E-state index is -1.13. The summed E-state index contributed by atoms with van der Waals surface area (Å²) >= 11 is 1.74. The Bertz CT molecular complexity index is 631. The van der Waals surface area contributed by atoms with E-state index in [4.69, 9.17) is 9.42 Å². The Kier molecular flexibility index (Phi) is 4.78. The summed E-state index contributed by atoms with van der Waals surface area (Å²) in [6.07, 6.45) is 0. The first-order valence-electron chi connectivity index (χ1n) is 6.84. The number of benzene rings is 1. The average molecular weight is 304 g/mol. The van der Waals surface area contributed by atoms with Gasteiger partial charge in [-0.1, -0.05) is 6.07 Å². The quantitative estimate of drug-likeness (QED) is 0.583. The van der Waals surface area contributed by atoms with E-state index < -0.39 is 9.04 Å². The van der Waals surface area contributed by atoms with E-state index in [2.05, 4.69) is 57.4 Å². The highest BCUT2D eigenvalue weighted by Gasteiger charge is 2.08. The van der Waals surface area contributed by atoms with Crippen LogP contribution in [-0.4, -0.2) is 14.8 Å². The fourth-order valence-electron chi connectivity index (χ4n) is 2.04. The molecule has 0 amide bonds. The standard InChI is InChI=1S/C16H21NOSSi/c1-11-6-7-14(15(10-11)18-20(4)5)17-13(3)16-12(2)8-9-19-16/h6-10,20H,1-5H3. The molecule has 0 atom stereocenters. The Hall–Kier alpha value is -1.39. The Balaban J connectivity index is 2.40. The topological polar surface area (TPSA) is 21.6 Å². The molecule has 0 radical (unpaired) electrons. The molecule has 2 aromatic rings. The summed E-state index contributed by atoms with van der Waals surface area (Å²) in [6.45, 7) is 10.6. The van der Waals surface area contributed by atoms with Crippen molar-refractivity contribution in [2.24, 2.45) is 4.99 Å². The van der Waals surface area contributed by atoms with E-state index in [1.54, 1.807) is 11.3 Å². The van der Waals surface area contributed by atoms with Gasteiger partial charge in [-0.15, -0.1) is 11.3 Å². The fourth-order valence-corrected chi connectivity index (χ4v) is 3.61. The maximum atomic E-state index is 6.01. The van der Waals surface area contributed by atoms with Crippen LogP contribution in [0.4, 0.5) is 5.69 Å². The van der Waals surface area contributed by atoms with Gasteiger partial charge in [-0.3, -0.25) is 0 Å². The van der Waals surface area contributed by atoms with E-state index in [0.29, 0.717) is 0 Å². The first-order valence-corrected chi connectivity index (χ1v) is 10.5. The van der Waals surface area contributed by atoms with Crippen LogP contribution in [0.3, 0.4) is 0 Å². The monoisotopic (exact) mass is 303 g/mol. The normalized spacial score (nSPS) is 12.0. The summed E-state index contributed by atoms with van der Waals surface area (Å²) in [5.74, 6) is 0.917. The van der Waals surface area contributed by atoms with Crippen molar-refractivity contribution in [2.45, 2.75) is 33.9 Å². The van der Waals surface area contributed by atoms with Crippen LogP contribution in [0.1, 0.15) is 22.9 Å². The second-order valence-electron chi connectivity index (χ2n) is 5.27. The van der Waals surface area contributed by atoms with Crippen molar-refractivity contribution < 1.29 is 4.43 Å². The number of thiophene rings is 1. The Morgan fingerprint density at radius 1 is 1.20 bits per heavy atom. The lowest BCUT2D eigenvalue weighted by Gasteiger charge is -2.13. The summed E-state index contributed by atoms with van der Waals surface area (Å²) in [5.41, 5.74) is 4.47. The fraction of sp³-hybridized carbons (Fsp3) is 0.312. The molecular weight excluding hydrogens is 282 g/mol. The second kappa shape index (κ2) is 6.37. The molecule has 0 aliphatic rings. The highest BCUT2D eigenvalue weighted by atomic mass is 32.1. The van der Waals surface area contributed by atoms with Gasteiger partial charge in [0.15, 0.2) is 0 Å². The molecule has 0 spiro atoms. The van der Waals surface area contributed by atoms with Gasteiger partial charge in [0.05, 0.1) is 10.6 Å². The Labute approximate surface area is 126 Å². The zero-order valence-corrected chi connectivity index (χ0v) is 14.7. The van der Waals surface area contributed by atoms with E-state index in [9.17, 15) is 0 Å². The van der Waals surface area contributed by atoms with Crippen molar-refractivity contribution >= 4 is 31.8 Å². The number of hydrogen-bond acceptors (Lipinski definition) is 3. The van der Waals surface area contributed by atoms with E-state index in [1.807, 2.05) is 6.07 Å². The average Bonchev–Trinajstić information content (AvgIpc) is 2.78.